The third-order valence-electron chi connectivity index (χ3n) is 7.45. The largest absolute Gasteiger partial charge is 0.494 e. The highest BCUT2D eigenvalue weighted by Crippen LogP contribution is 2.23. The first-order valence-electron chi connectivity index (χ1n) is 16.2. The molecule has 2 amide bonds. The van der Waals surface area contributed by atoms with Crippen LogP contribution in [0.25, 0.3) is 0 Å². The molecule has 250 valence electrons. The van der Waals surface area contributed by atoms with Crippen LogP contribution in [0.5, 0.6) is 5.75 Å². The number of carboxylic acids is 1. The zero-order valence-electron chi connectivity index (χ0n) is 27.1. The Morgan fingerprint density at radius 2 is 1.57 bits per heavy atom. The molecule has 5 N–H and O–H groups in total. The van der Waals surface area contributed by atoms with Crippen molar-refractivity contribution in [1.82, 2.24) is 5.32 Å². The van der Waals surface area contributed by atoms with Crippen molar-refractivity contribution in [2.75, 3.05) is 31.8 Å². The standard InChI is InChI=1S/C34H56N2O7S/c1-4-6-8-12-15-23-44-24-16-13-10-9-11-14-17-29(34(41,26-42-3)33(39)40)32(38)36-30(31(35)37)25-27-18-20-28(21-19-27)43-22-7-5-2/h14,17-21,29-30,41H,4-13,15-16,22-26H2,1-3H3,(H2,35,37)(H,36,38)(H,39,40)/b17-14+/t29-,30+,34+/m1/s1. The minimum absolute atomic E-state index is 0.0969. The number of benzene rings is 1. The highest BCUT2D eigenvalue weighted by molar-refractivity contribution is 7.99. The maximum Gasteiger partial charge on any atom is 0.339 e. The fraction of sp³-hybridized carbons (Fsp3) is 0.676. The summed E-state index contributed by atoms with van der Waals surface area (Å²) in [4.78, 5) is 37.7. The van der Waals surface area contributed by atoms with Gasteiger partial charge in [0.15, 0.2) is 5.60 Å². The van der Waals surface area contributed by atoms with E-state index in [-0.39, 0.29) is 6.42 Å². The Kier molecular flexibility index (Phi) is 21.3. The molecular formula is C34H56N2O7S. The van der Waals surface area contributed by atoms with Crippen LogP contribution in [-0.4, -0.2) is 71.5 Å². The molecule has 0 heterocycles. The van der Waals surface area contributed by atoms with Crippen molar-refractivity contribution in [3.63, 3.8) is 0 Å². The molecule has 0 radical (unpaired) electrons. The Labute approximate surface area is 268 Å². The minimum atomic E-state index is -2.53. The van der Waals surface area contributed by atoms with Crippen molar-refractivity contribution < 1.29 is 34.1 Å². The maximum atomic E-state index is 13.4. The van der Waals surface area contributed by atoms with Gasteiger partial charge >= 0.3 is 5.97 Å². The van der Waals surface area contributed by atoms with Gasteiger partial charge in [-0.15, -0.1) is 0 Å². The molecule has 0 bridgehead atoms. The average Bonchev–Trinajstić information content (AvgIpc) is 2.99. The molecule has 0 spiro atoms. The Morgan fingerprint density at radius 3 is 2.14 bits per heavy atom. The normalized spacial score (nSPS) is 14.2. The zero-order chi connectivity index (χ0) is 32.6. The third-order valence-corrected chi connectivity index (χ3v) is 8.61. The third kappa shape index (κ3) is 16.0. The lowest BCUT2D eigenvalue weighted by Crippen LogP contribution is -2.57. The number of aliphatic carboxylic acids is 1. The Hall–Kier alpha value is -2.56. The second kappa shape index (κ2) is 23.8. The van der Waals surface area contributed by atoms with Crippen molar-refractivity contribution in [2.45, 2.75) is 109 Å². The fourth-order valence-corrected chi connectivity index (χ4v) is 5.73. The van der Waals surface area contributed by atoms with Crippen LogP contribution >= 0.6 is 11.8 Å². The van der Waals surface area contributed by atoms with Gasteiger partial charge in [-0.2, -0.15) is 11.8 Å². The molecule has 0 aliphatic heterocycles. The van der Waals surface area contributed by atoms with Gasteiger partial charge in [0.25, 0.3) is 0 Å². The van der Waals surface area contributed by atoms with Crippen LogP contribution in [0.15, 0.2) is 36.4 Å². The first-order valence-corrected chi connectivity index (χ1v) is 17.4. The number of methoxy groups -OCH3 is 1. The summed E-state index contributed by atoms with van der Waals surface area (Å²) >= 11 is 2.02. The lowest BCUT2D eigenvalue weighted by molar-refractivity contribution is -0.173. The number of aliphatic hydroxyl groups is 1. The van der Waals surface area contributed by atoms with Gasteiger partial charge in [-0.25, -0.2) is 4.79 Å². The monoisotopic (exact) mass is 636 g/mol. The fourth-order valence-electron chi connectivity index (χ4n) is 4.71. The number of unbranched alkanes of at least 4 members (excludes halogenated alkanes) is 9. The Balaban J connectivity index is 2.72. The molecule has 1 aromatic rings. The van der Waals surface area contributed by atoms with E-state index in [1.165, 1.54) is 51.0 Å². The van der Waals surface area contributed by atoms with E-state index in [9.17, 15) is 24.6 Å². The number of carbonyl (C=O) groups excluding carboxylic acids is 2. The van der Waals surface area contributed by atoms with Gasteiger partial charge in [0.1, 0.15) is 11.8 Å². The smallest absolute Gasteiger partial charge is 0.339 e. The van der Waals surface area contributed by atoms with Gasteiger partial charge < -0.3 is 30.7 Å². The van der Waals surface area contributed by atoms with E-state index >= 15 is 0 Å². The first kappa shape index (κ1) is 39.5. The van der Waals surface area contributed by atoms with Gasteiger partial charge in [0, 0.05) is 13.5 Å². The number of ether oxygens (including phenoxy) is 2. The molecule has 10 heteroatoms. The predicted octanol–water partition coefficient (Wildman–Crippen LogP) is 5.67. The van der Waals surface area contributed by atoms with Gasteiger partial charge in [-0.3, -0.25) is 9.59 Å². The number of nitrogens with two attached hydrogens (primary N) is 1. The summed E-state index contributed by atoms with van der Waals surface area (Å²) < 4.78 is 10.6. The van der Waals surface area contributed by atoms with E-state index in [2.05, 4.69) is 19.2 Å². The molecular weight excluding hydrogens is 580 g/mol. The minimum Gasteiger partial charge on any atom is -0.494 e. The molecule has 0 aromatic heterocycles. The second-order valence-corrected chi connectivity index (χ2v) is 12.5. The number of hydrogen-bond donors (Lipinski definition) is 4. The summed E-state index contributed by atoms with van der Waals surface area (Å²) in [5, 5.41) is 23.4. The number of primary amides is 1. The van der Waals surface area contributed by atoms with Crippen LogP contribution in [0, 0.1) is 5.92 Å². The van der Waals surface area contributed by atoms with Crippen molar-refractivity contribution in [3.05, 3.63) is 42.0 Å². The predicted molar refractivity (Wildman–Crippen MR) is 178 cm³/mol. The highest BCUT2D eigenvalue weighted by atomic mass is 32.2. The summed E-state index contributed by atoms with van der Waals surface area (Å²) in [6.45, 7) is 4.31. The van der Waals surface area contributed by atoms with Crippen molar-refractivity contribution >= 4 is 29.5 Å². The molecule has 0 aliphatic rings. The van der Waals surface area contributed by atoms with Crippen LogP contribution in [-0.2, 0) is 25.5 Å². The summed E-state index contributed by atoms with van der Waals surface area (Å²) in [5.41, 5.74) is 3.81. The molecule has 0 saturated heterocycles. The number of carbonyl (C=O) groups is 3. The molecule has 0 unspecified atom stereocenters. The molecule has 1 rings (SSSR count). The van der Waals surface area contributed by atoms with Gasteiger partial charge in [-0.1, -0.05) is 83.1 Å². The van der Waals surface area contributed by atoms with Gasteiger partial charge in [0.05, 0.1) is 19.1 Å². The SMILES string of the molecule is CCCCCCCSCCCCCC/C=C/[C@H](C(=O)N[C@@H](Cc1ccc(OCCCC)cc1)C(N)=O)[C@@](O)(COC)C(=O)O. The zero-order valence-corrected chi connectivity index (χ0v) is 27.9. The molecule has 44 heavy (non-hydrogen) atoms. The summed E-state index contributed by atoms with van der Waals surface area (Å²) in [5.74, 6) is -1.60. The van der Waals surface area contributed by atoms with E-state index in [0.29, 0.717) is 18.8 Å². The lowest BCUT2D eigenvalue weighted by Gasteiger charge is -2.30. The van der Waals surface area contributed by atoms with Crippen molar-refractivity contribution in [3.8, 4) is 5.75 Å². The maximum absolute atomic E-state index is 13.4. The lowest BCUT2D eigenvalue weighted by atomic mass is 9.86. The molecule has 0 aliphatic carbocycles. The van der Waals surface area contributed by atoms with Gasteiger partial charge in [-0.05, 0) is 61.3 Å². The number of carboxylic acid groups (broad SMARTS) is 1. The van der Waals surface area contributed by atoms with E-state index in [1.807, 2.05) is 11.8 Å². The van der Waals surface area contributed by atoms with Crippen LogP contribution in [0.2, 0.25) is 0 Å². The van der Waals surface area contributed by atoms with Crippen molar-refractivity contribution in [1.29, 1.82) is 0 Å². The summed E-state index contributed by atoms with van der Waals surface area (Å²) in [6.07, 6.45) is 16.5. The molecule has 9 nitrogen and oxygen atoms in total. The van der Waals surface area contributed by atoms with E-state index in [4.69, 9.17) is 15.2 Å². The molecule has 0 fully saturated rings. The Morgan fingerprint density at radius 1 is 0.955 bits per heavy atom. The van der Waals surface area contributed by atoms with Crippen LogP contribution < -0.4 is 15.8 Å². The van der Waals surface area contributed by atoms with Crippen LogP contribution in [0.3, 0.4) is 0 Å². The summed E-state index contributed by atoms with van der Waals surface area (Å²) in [7, 11) is 1.25. The van der Waals surface area contributed by atoms with Crippen LogP contribution in [0.4, 0.5) is 0 Å². The Bertz CT molecular complexity index is 973. The average molecular weight is 637 g/mol. The van der Waals surface area contributed by atoms with E-state index < -0.39 is 42.0 Å². The first-order chi connectivity index (χ1) is 21.2. The van der Waals surface area contributed by atoms with Crippen LogP contribution in [0.1, 0.15) is 96.5 Å². The van der Waals surface area contributed by atoms with Crippen molar-refractivity contribution in [2.24, 2.45) is 11.7 Å². The number of amides is 2. The second-order valence-electron chi connectivity index (χ2n) is 11.3. The van der Waals surface area contributed by atoms with E-state index in [1.54, 1.807) is 30.3 Å². The molecule has 3 atom stereocenters. The quantitative estimate of drug-likeness (QED) is 0.0714. The molecule has 0 saturated carbocycles. The number of allylic oxidation sites excluding steroid dienone is 1. The number of nitrogens with one attached hydrogen (secondary N) is 1. The van der Waals surface area contributed by atoms with E-state index in [0.717, 1.165) is 49.8 Å². The number of rotatable bonds is 27. The highest BCUT2D eigenvalue weighted by Gasteiger charge is 2.47. The molecule has 1 aromatic carbocycles. The number of hydrogen-bond acceptors (Lipinski definition) is 7. The summed E-state index contributed by atoms with van der Waals surface area (Å²) in [6, 6.07) is 6.03. The topological polar surface area (TPSA) is 148 Å². The number of thioether (sulfide) groups is 1. The van der Waals surface area contributed by atoms with Gasteiger partial charge in [0.2, 0.25) is 11.8 Å².